The van der Waals surface area contributed by atoms with Crippen LogP contribution in [-0.4, -0.2) is 44.8 Å². The topological polar surface area (TPSA) is 75.4 Å². The van der Waals surface area contributed by atoms with E-state index in [1.165, 1.54) is 0 Å². The molecule has 2 aliphatic rings. The number of nitrogens with zero attached hydrogens (tertiary/aromatic N) is 3. The number of carbonyl (C=O) groups is 2. The maximum atomic E-state index is 12.8. The first-order valence-electron chi connectivity index (χ1n) is 8.67. The minimum atomic E-state index is -0.750. The van der Waals surface area contributed by atoms with Crippen molar-refractivity contribution in [3.63, 3.8) is 0 Å². The van der Waals surface area contributed by atoms with Crippen LogP contribution in [0.2, 0.25) is 0 Å². The third-order valence-corrected chi connectivity index (χ3v) is 5.69. The van der Waals surface area contributed by atoms with Crippen LogP contribution in [0.25, 0.3) is 0 Å². The van der Waals surface area contributed by atoms with Crippen molar-refractivity contribution in [2.45, 2.75) is 25.8 Å². The van der Waals surface area contributed by atoms with E-state index in [9.17, 15) is 14.7 Å². The molecule has 2 atom stereocenters. The molecule has 0 bridgehead atoms. The second-order valence-electron chi connectivity index (χ2n) is 7.14. The van der Waals surface area contributed by atoms with E-state index in [1.54, 1.807) is 11.1 Å². The fourth-order valence-electron chi connectivity index (χ4n) is 4.31. The van der Waals surface area contributed by atoms with Gasteiger partial charge in [0.15, 0.2) is 0 Å². The summed E-state index contributed by atoms with van der Waals surface area (Å²) in [5.74, 6) is -0.728. The number of likely N-dealkylation sites (tertiary alicyclic amines) is 1. The number of carboxylic acids is 1. The molecule has 1 aromatic heterocycles. The molecule has 6 nitrogen and oxygen atoms in total. The molecule has 2 fully saturated rings. The van der Waals surface area contributed by atoms with Gasteiger partial charge in [0.2, 0.25) is 0 Å². The van der Waals surface area contributed by atoms with E-state index in [2.05, 4.69) is 5.10 Å². The molecule has 1 aliphatic carbocycles. The quantitative estimate of drug-likeness (QED) is 0.927. The third-order valence-electron chi connectivity index (χ3n) is 5.69. The fraction of sp³-hybridized carbons (Fsp3) is 0.421. The summed E-state index contributed by atoms with van der Waals surface area (Å²) in [4.78, 5) is 26.3. The van der Waals surface area contributed by atoms with Crippen LogP contribution >= 0.6 is 0 Å². The molecule has 2 heterocycles. The first-order valence-corrected chi connectivity index (χ1v) is 8.67. The molecule has 2 aromatic rings. The lowest BCUT2D eigenvalue weighted by molar-refractivity contribution is -0.149. The maximum absolute atomic E-state index is 12.8. The Morgan fingerprint density at radius 1 is 1.28 bits per heavy atom. The van der Waals surface area contributed by atoms with Gasteiger partial charge >= 0.3 is 5.97 Å². The highest BCUT2D eigenvalue weighted by Crippen LogP contribution is 2.49. The molecule has 0 unspecified atom stereocenters. The zero-order chi connectivity index (χ0) is 17.4. The highest BCUT2D eigenvalue weighted by molar-refractivity contribution is 5.95. The highest BCUT2D eigenvalue weighted by Gasteiger charge is 2.55. The molecule has 130 valence electrons. The van der Waals surface area contributed by atoms with Gasteiger partial charge in [-0.25, -0.2) is 0 Å². The fourth-order valence-corrected chi connectivity index (χ4v) is 4.31. The molecule has 0 radical (unpaired) electrons. The van der Waals surface area contributed by atoms with Gasteiger partial charge in [0, 0.05) is 31.0 Å². The lowest BCUT2D eigenvalue weighted by Crippen LogP contribution is -2.37. The van der Waals surface area contributed by atoms with Gasteiger partial charge in [0.1, 0.15) is 0 Å². The molecule has 4 rings (SSSR count). The van der Waals surface area contributed by atoms with Crippen molar-refractivity contribution in [2.24, 2.45) is 11.3 Å². The second-order valence-corrected chi connectivity index (χ2v) is 7.14. The summed E-state index contributed by atoms with van der Waals surface area (Å²) in [7, 11) is 0. The van der Waals surface area contributed by atoms with Gasteiger partial charge < -0.3 is 10.0 Å². The Morgan fingerprint density at radius 3 is 2.72 bits per heavy atom. The number of benzene rings is 1. The van der Waals surface area contributed by atoms with E-state index in [4.69, 9.17) is 0 Å². The Labute approximate surface area is 146 Å². The predicted molar refractivity (Wildman–Crippen MR) is 91.1 cm³/mol. The number of rotatable bonds is 4. The summed E-state index contributed by atoms with van der Waals surface area (Å²) in [6.45, 7) is 1.55. The van der Waals surface area contributed by atoms with Gasteiger partial charge in [0.05, 0.1) is 12.0 Å². The lowest BCUT2D eigenvalue weighted by atomic mass is 9.81. The first-order chi connectivity index (χ1) is 12.1. The van der Waals surface area contributed by atoms with Crippen LogP contribution in [0.5, 0.6) is 0 Å². The summed E-state index contributed by atoms with van der Waals surface area (Å²) in [6.07, 6.45) is 6.16. The minimum Gasteiger partial charge on any atom is -0.481 e. The van der Waals surface area contributed by atoms with Crippen LogP contribution in [0, 0.1) is 11.3 Å². The molecule has 1 aromatic carbocycles. The Balaban J connectivity index is 1.47. The first kappa shape index (κ1) is 15.9. The lowest BCUT2D eigenvalue weighted by Gasteiger charge is -2.23. The molecule has 0 spiro atoms. The number of carboxylic acid groups (broad SMARTS) is 1. The summed E-state index contributed by atoms with van der Waals surface area (Å²) in [5.41, 5.74) is 0.959. The zero-order valence-corrected chi connectivity index (χ0v) is 14.0. The number of hydrogen-bond acceptors (Lipinski definition) is 3. The standard InChI is InChI=1S/C19H21N3O3/c23-17(21-12-16-3-1-8-19(16,13-21)18(24)25)15-6-4-14(5-7-15)11-22-10-2-9-20-22/h2,4-7,9-10,16H,1,3,8,11-13H2,(H,24,25)/t16-,19+/m0/s1. The molecule has 1 aliphatic heterocycles. The largest absolute Gasteiger partial charge is 0.481 e. The van der Waals surface area contributed by atoms with Gasteiger partial charge in [-0.1, -0.05) is 18.6 Å². The summed E-state index contributed by atoms with van der Waals surface area (Å²) < 4.78 is 1.83. The molecule has 1 amide bonds. The molecule has 1 saturated heterocycles. The van der Waals surface area contributed by atoms with Crippen molar-refractivity contribution in [3.8, 4) is 0 Å². The predicted octanol–water partition coefficient (Wildman–Crippen LogP) is 2.26. The average molecular weight is 339 g/mol. The zero-order valence-electron chi connectivity index (χ0n) is 14.0. The van der Waals surface area contributed by atoms with Crippen molar-refractivity contribution in [1.82, 2.24) is 14.7 Å². The highest BCUT2D eigenvalue weighted by atomic mass is 16.4. The van der Waals surface area contributed by atoms with Crippen molar-refractivity contribution >= 4 is 11.9 Å². The Hall–Kier alpha value is -2.63. The van der Waals surface area contributed by atoms with E-state index in [1.807, 2.05) is 41.2 Å². The van der Waals surface area contributed by atoms with Crippen LogP contribution in [0.15, 0.2) is 42.7 Å². The van der Waals surface area contributed by atoms with Gasteiger partial charge in [-0.3, -0.25) is 14.3 Å². The Kier molecular flexibility index (Phi) is 3.82. The van der Waals surface area contributed by atoms with Crippen molar-refractivity contribution in [1.29, 1.82) is 0 Å². The van der Waals surface area contributed by atoms with Crippen LogP contribution in [0.4, 0.5) is 0 Å². The number of carbonyl (C=O) groups excluding carboxylic acids is 1. The van der Waals surface area contributed by atoms with Gasteiger partial charge in [0.25, 0.3) is 5.91 Å². The minimum absolute atomic E-state index is 0.0688. The van der Waals surface area contributed by atoms with E-state index >= 15 is 0 Å². The van der Waals surface area contributed by atoms with Crippen molar-refractivity contribution in [3.05, 3.63) is 53.9 Å². The number of hydrogen-bond donors (Lipinski definition) is 1. The van der Waals surface area contributed by atoms with Crippen LogP contribution in [0.3, 0.4) is 0 Å². The number of aliphatic carboxylic acids is 1. The van der Waals surface area contributed by atoms with E-state index in [-0.39, 0.29) is 11.8 Å². The molecular formula is C19H21N3O3. The van der Waals surface area contributed by atoms with Crippen LogP contribution in [-0.2, 0) is 11.3 Å². The number of fused-ring (bicyclic) bond motifs is 1. The monoisotopic (exact) mass is 339 g/mol. The molecule has 25 heavy (non-hydrogen) atoms. The van der Waals surface area contributed by atoms with E-state index in [0.29, 0.717) is 31.6 Å². The number of amides is 1. The second kappa shape index (κ2) is 6.02. The van der Waals surface area contributed by atoms with Crippen molar-refractivity contribution in [2.75, 3.05) is 13.1 Å². The number of aromatic nitrogens is 2. The smallest absolute Gasteiger partial charge is 0.311 e. The van der Waals surface area contributed by atoms with Crippen LogP contribution in [0.1, 0.15) is 35.2 Å². The summed E-state index contributed by atoms with van der Waals surface area (Å²) in [6, 6.07) is 9.38. The van der Waals surface area contributed by atoms with Gasteiger partial charge in [-0.2, -0.15) is 5.10 Å². The van der Waals surface area contributed by atoms with Crippen LogP contribution < -0.4 is 0 Å². The molecular weight excluding hydrogens is 318 g/mol. The van der Waals surface area contributed by atoms with Gasteiger partial charge in [-0.05, 0) is 42.5 Å². The molecule has 1 N–H and O–H groups in total. The SMILES string of the molecule is O=C(c1ccc(Cn2cccn2)cc1)N1C[C@@H]2CCC[C@@]2(C(=O)O)C1. The van der Waals surface area contributed by atoms with Crippen molar-refractivity contribution < 1.29 is 14.7 Å². The van der Waals surface area contributed by atoms with E-state index < -0.39 is 11.4 Å². The van der Waals surface area contributed by atoms with Gasteiger partial charge in [-0.15, -0.1) is 0 Å². The maximum Gasteiger partial charge on any atom is 0.311 e. The van der Waals surface area contributed by atoms with E-state index in [0.717, 1.165) is 18.4 Å². The normalized spacial score (nSPS) is 25.1. The molecule has 6 heteroatoms. The average Bonchev–Trinajstić information content (AvgIpc) is 3.30. The summed E-state index contributed by atoms with van der Waals surface area (Å²) in [5, 5.41) is 13.8. The Bertz CT molecular complexity index is 785. The third kappa shape index (κ3) is 2.71. The molecule has 1 saturated carbocycles. The Morgan fingerprint density at radius 2 is 2.08 bits per heavy atom. The summed E-state index contributed by atoms with van der Waals surface area (Å²) >= 11 is 0.